The number of benzene rings is 3. The second-order valence-electron chi connectivity index (χ2n) is 7.97. The van der Waals surface area contributed by atoms with Crippen LogP contribution in [0.15, 0.2) is 78.9 Å². The number of phenolic OH excluding ortho intramolecular Hbond substituents is 1. The molecule has 156 valence electrons. The molecule has 2 saturated heterocycles. The third-order valence-corrected chi connectivity index (χ3v) is 5.93. The first-order valence-corrected chi connectivity index (χ1v) is 10.2. The molecule has 0 unspecified atom stereocenters. The van der Waals surface area contributed by atoms with Crippen LogP contribution in [0.25, 0.3) is 0 Å². The van der Waals surface area contributed by atoms with Crippen LogP contribution in [0, 0.1) is 12.8 Å². The lowest BCUT2D eigenvalue weighted by Gasteiger charge is -2.29. The maximum Gasteiger partial charge on any atom is 0.262 e. The van der Waals surface area contributed by atoms with Gasteiger partial charge in [0.15, 0.2) is 6.10 Å². The van der Waals surface area contributed by atoms with E-state index >= 15 is 0 Å². The number of aromatic hydroxyl groups is 1. The number of fused-ring (bicyclic) bond motifs is 1. The molecule has 2 aliphatic heterocycles. The lowest BCUT2D eigenvalue weighted by molar-refractivity contribution is -0.143. The van der Waals surface area contributed by atoms with Crippen molar-refractivity contribution in [2.24, 2.45) is 5.92 Å². The number of anilines is 1. The van der Waals surface area contributed by atoms with Gasteiger partial charge in [-0.05, 0) is 30.7 Å². The summed E-state index contributed by atoms with van der Waals surface area (Å²) in [4.78, 5) is 34.0. The van der Waals surface area contributed by atoms with Crippen molar-refractivity contribution in [1.29, 1.82) is 0 Å². The van der Waals surface area contributed by atoms with Crippen molar-refractivity contribution in [1.82, 2.24) is 4.90 Å². The predicted molar refractivity (Wildman–Crippen MR) is 115 cm³/mol. The SMILES string of the molecule is Cc1ccc(N2O[C@H]3C(=O)N(Cc4ccccc4)C(=O)[C@H]3[C@H]2c2ccccc2O)cc1. The molecule has 5 rings (SSSR count). The third kappa shape index (κ3) is 3.25. The molecule has 6 nitrogen and oxygen atoms in total. The van der Waals surface area contributed by atoms with Crippen LogP contribution in [0.3, 0.4) is 0 Å². The van der Waals surface area contributed by atoms with Gasteiger partial charge in [-0.25, -0.2) is 5.06 Å². The van der Waals surface area contributed by atoms with Crippen molar-refractivity contribution in [2.45, 2.75) is 25.6 Å². The Kier molecular flexibility index (Phi) is 4.71. The van der Waals surface area contributed by atoms with Crippen LogP contribution in [0.2, 0.25) is 0 Å². The Morgan fingerprint density at radius 2 is 1.55 bits per heavy atom. The van der Waals surface area contributed by atoms with Crippen LogP contribution in [-0.4, -0.2) is 27.9 Å². The fraction of sp³-hybridized carbons (Fsp3) is 0.200. The molecule has 2 amide bonds. The van der Waals surface area contributed by atoms with E-state index in [0.29, 0.717) is 5.56 Å². The summed E-state index contributed by atoms with van der Waals surface area (Å²) in [5.41, 5.74) is 3.24. The molecular weight excluding hydrogens is 392 g/mol. The van der Waals surface area contributed by atoms with E-state index < -0.39 is 18.1 Å². The second kappa shape index (κ2) is 7.56. The second-order valence-corrected chi connectivity index (χ2v) is 7.97. The molecule has 3 atom stereocenters. The van der Waals surface area contributed by atoms with Crippen molar-refractivity contribution >= 4 is 17.5 Å². The van der Waals surface area contributed by atoms with Crippen LogP contribution in [0.1, 0.15) is 22.7 Å². The summed E-state index contributed by atoms with van der Waals surface area (Å²) in [7, 11) is 0. The summed E-state index contributed by atoms with van der Waals surface area (Å²) < 4.78 is 0. The highest BCUT2D eigenvalue weighted by molar-refractivity contribution is 6.07. The van der Waals surface area contributed by atoms with Gasteiger partial charge >= 0.3 is 0 Å². The number of imide groups is 1. The summed E-state index contributed by atoms with van der Waals surface area (Å²) in [5, 5.41) is 12.2. The van der Waals surface area contributed by atoms with Crippen LogP contribution in [0.4, 0.5) is 5.69 Å². The summed E-state index contributed by atoms with van der Waals surface area (Å²) in [6, 6.07) is 23.3. The number of nitrogens with zero attached hydrogens (tertiary/aromatic N) is 2. The molecular formula is C25H22N2O4. The maximum absolute atomic E-state index is 13.4. The molecule has 2 heterocycles. The third-order valence-electron chi connectivity index (χ3n) is 5.93. The zero-order valence-corrected chi connectivity index (χ0v) is 17.0. The molecule has 0 spiro atoms. The first-order chi connectivity index (χ1) is 15.0. The Labute approximate surface area is 180 Å². The highest BCUT2D eigenvalue weighted by Crippen LogP contribution is 2.48. The summed E-state index contributed by atoms with van der Waals surface area (Å²) in [6.07, 6.45) is -0.929. The van der Waals surface area contributed by atoms with Crippen LogP contribution < -0.4 is 5.06 Å². The predicted octanol–water partition coefficient (Wildman–Crippen LogP) is 3.75. The molecule has 0 bridgehead atoms. The average Bonchev–Trinajstić information content (AvgIpc) is 3.27. The molecule has 1 N–H and O–H groups in total. The van der Waals surface area contributed by atoms with E-state index in [1.807, 2.05) is 61.5 Å². The van der Waals surface area contributed by atoms with E-state index in [1.54, 1.807) is 29.3 Å². The summed E-state index contributed by atoms with van der Waals surface area (Å²) in [6.45, 7) is 2.19. The van der Waals surface area contributed by atoms with E-state index in [2.05, 4.69) is 0 Å². The Morgan fingerprint density at radius 1 is 0.871 bits per heavy atom. The molecule has 2 aliphatic rings. The van der Waals surface area contributed by atoms with Crippen molar-refractivity contribution < 1.29 is 19.5 Å². The van der Waals surface area contributed by atoms with E-state index in [4.69, 9.17) is 4.84 Å². The molecule has 0 radical (unpaired) electrons. The summed E-state index contributed by atoms with van der Waals surface area (Å²) in [5.74, 6) is -1.32. The first kappa shape index (κ1) is 19.3. The Bertz CT molecular complexity index is 1130. The smallest absolute Gasteiger partial charge is 0.262 e. The Balaban J connectivity index is 1.54. The number of amides is 2. The highest BCUT2D eigenvalue weighted by atomic mass is 16.7. The number of hydrogen-bond acceptors (Lipinski definition) is 5. The van der Waals surface area contributed by atoms with Crippen LogP contribution in [0.5, 0.6) is 5.75 Å². The zero-order chi connectivity index (χ0) is 21.5. The number of carbonyl (C=O) groups excluding carboxylic acids is 2. The molecule has 6 heteroatoms. The molecule has 3 aromatic rings. The molecule has 0 aliphatic carbocycles. The monoisotopic (exact) mass is 414 g/mol. The van der Waals surface area contributed by atoms with Crippen LogP contribution in [-0.2, 0) is 21.0 Å². The quantitative estimate of drug-likeness (QED) is 0.659. The van der Waals surface area contributed by atoms with E-state index in [9.17, 15) is 14.7 Å². The first-order valence-electron chi connectivity index (χ1n) is 10.2. The minimum absolute atomic E-state index is 0.0654. The van der Waals surface area contributed by atoms with Gasteiger partial charge < -0.3 is 5.11 Å². The van der Waals surface area contributed by atoms with E-state index in [0.717, 1.165) is 16.8 Å². The van der Waals surface area contributed by atoms with Gasteiger partial charge in [0.25, 0.3) is 5.91 Å². The lowest BCUT2D eigenvalue weighted by Crippen LogP contribution is -2.37. The number of carbonyl (C=O) groups is 2. The van der Waals surface area contributed by atoms with Crippen molar-refractivity contribution in [3.8, 4) is 5.75 Å². The number of para-hydroxylation sites is 1. The average molecular weight is 414 g/mol. The van der Waals surface area contributed by atoms with Gasteiger partial charge in [0.05, 0.1) is 18.3 Å². The topological polar surface area (TPSA) is 70.1 Å². The molecule has 2 fully saturated rings. The highest BCUT2D eigenvalue weighted by Gasteiger charge is 2.60. The summed E-state index contributed by atoms with van der Waals surface area (Å²) >= 11 is 0. The van der Waals surface area contributed by atoms with E-state index in [1.165, 1.54) is 4.90 Å². The zero-order valence-electron chi connectivity index (χ0n) is 17.0. The number of phenols is 1. The normalized spacial score (nSPS) is 22.8. The number of hydroxylamine groups is 1. The fourth-order valence-corrected chi connectivity index (χ4v) is 4.36. The Morgan fingerprint density at radius 3 is 2.26 bits per heavy atom. The molecule has 3 aromatic carbocycles. The van der Waals surface area contributed by atoms with E-state index in [-0.39, 0.29) is 24.1 Å². The number of hydrogen-bond donors (Lipinski definition) is 1. The van der Waals surface area contributed by atoms with Gasteiger partial charge in [0, 0.05) is 5.56 Å². The van der Waals surface area contributed by atoms with Gasteiger partial charge in [-0.3, -0.25) is 19.3 Å². The number of aryl methyl sites for hydroxylation is 1. The van der Waals surface area contributed by atoms with Gasteiger partial charge in [-0.2, -0.15) is 0 Å². The van der Waals surface area contributed by atoms with Crippen molar-refractivity contribution in [3.05, 3.63) is 95.6 Å². The van der Waals surface area contributed by atoms with Gasteiger partial charge in [0.1, 0.15) is 11.7 Å². The van der Waals surface area contributed by atoms with Crippen LogP contribution >= 0.6 is 0 Å². The van der Waals surface area contributed by atoms with Crippen molar-refractivity contribution in [2.75, 3.05) is 5.06 Å². The minimum atomic E-state index is -0.929. The van der Waals surface area contributed by atoms with Gasteiger partial charge in [-0.15, -0.1) is 0 Å². The van der Waals surface area contributed by atoms with Gasteiger partial charge in [0.2, 0.25) is 5.91 Å². The minimum Gasteiger partial charge on any atom is -0.508 e. The molecule has 31 heavy (non-hydrogen) atoms. The number of likely N-dealkylation sites (tertiary alicyclic amines) is 1. The number of rotatable bonds is 4. The standard InChI is InChI=1S/C25H22N2O4/c1-16-11-13-18(14-12-16)27-22(19-9-5-6-10-20(19)28)21-23(31-27)25(30)26(24(21)29)15-17-7-3-2-4-8-17/h2-14,21-23,28H,15H2,1H3/t21-,22+,23+/m0/s1. The maximum atomic E-state index is 13.4. The van der Waals surface area contributed by atoms with Gasteiger partial charge in [-0.1, -0.05) is 66.2 Å². The fourth-order valence-electron chi connectivity index (χ4n) is 4.36. The lowest BCUT2D eigenvalue weighted by atomic mass is 9.90. The largest absolute Gasteiger partial charge is 0.508 e. The van der Waals surface area contributed by atoms with Crippen molar-refractivity contribution in [3.63, 3.8) is 0 Å². The molecule has 0 aromatic heterocycles. The Hall–Kier alpha value is -3.64. The molecule has 0 saturated carbocycles.